The van der Waals surface area contributed by atoms with Gasteiger partial charge >= 0.3 is 0 Å². The zero-order valence-electron chi connectivity index (χ0n) is 18.6. The standard InChI is InChI=1S/C26H33N3O2/c1-3-10-26(30)27-18-9-5-6-13-25-28-23-11-7-8-12-24(23)29(25)19-20-31-22-16-14-21(4-2)15-17-22/h3,7-8,10-12,14-17H,4-6,9,13,18-20H2,1-2H3,(H,27,30)/b10-3+. The number of carbonyl (C=O) groups is 1. The highest BCUT2D eigenvalue weighted by Gasteiger charge is 2.10. The number of aromatic nitrogens is 2. The summed E-state index contributed by atoms with van der Waals surface area (Å²) in [4.78, 5) is 16.3. The van der Waals surface area contributed by atoms with Gasteiger partial charge in [-0.2, -0.15) is 0 Å². The van der Waals surface area contributed by atoms with Crippen molar-refractivity contribution in [2.24, 2.45) is 0 Å². The van der Waals surface area contributed by atoms with Crippen LogP contribution in [0.5, 0.6) is 5.75 Å². The average Bonchev–Trinajstić information content (AvgIpc) is 3.14. The van der Waals surface area contributed by atoms with E-state index in [-0.39, 0.29) is 5.91 Å². The topological polar surface area (TPSA) is 56.2 Å². The number of para-hydroxylation sites is 2. The fourth-order valence-electron chi connectivity index (χ4n) is 3.65. The molecule has 1 N–H and O–H groups in total. The molecule has 2 aromatic carbocycles. The van der Waals surface area contributed by atoms with Gasteiger partial charge in [0.25, 0.3) is 0 Å². The summed E-state index contributed by atoms with van der Waals surface area (Å²) in [5.41, 5.74) is 3.50. The Labute approximate surface area is 185 Å². The van der Waals surface area contributed by atoms with Crippen molar-refractivity contribution in [1.82, 2.24) is 14.9 Å². The molecule has 0 bridgehead atoms. The van der Waals surface area contributed by atoms with Crippen LogP contribution in [0.1, 0.15) is 44.5 Å². The number of allylic oxidation sites excluding steroid dienone is 1. The molecule has 0 radical (unpaired) electrons. The molecule has 0 spiro atoms. The molecule has 0 unspecified atom stereocenters. The molecule has 0 saturated heterocycles. The molecule has 1 aromatic heterocycles. The highest BCUT2D eigenvalue weighted by molar-refractivity contribution is 5.87. The fraction of sp³-hybridized carbons (Fsp3) is 0.385. The minimum absolute atomic E-state index is 0.0198. The Morgan fingerprint density at radius 3 is 2.68 bits per heavy atom. The number of imidazole rings is 1. The summed E-state index contributed by atoms with van der Waals surface area (Å²) in [6.45, 7) is 6.09. The van der Waals surface area contributed by atoms with Crippen LogP contribution in [0.25, 0.3) is 11.0 Å². The number of fused-ring (bicyclic) bond motifs is 1. The molecule has 0 fully saturated rings. The summed E-state index contributed by atoms with van der Waals surface area (Å²) in [7, 11) is 0. The van der Waals surface area contributed by atoms with E-state index in [0.717, 1.165) is 61.3 Å². The lowest BCUT2D eigenvalue weighted by Gasteiger charge is -2.11. The molecule has 164 valence electrons. The van der Waals surface area contributed by atoms with Crippen molar-refractivity contribution in [1.29, 1.82) is 0 Å². The third kappa shape index (κ3) is 6.71. The van der Waals surface area contributed by atoms with Crippen LogP contribution in [0.4, 0.5) is 0 Å². The van der Waals surface area contributed by atoms with E-state index in [2.05, 4.69) is 47.1 Å². The number of aryl methyl sites for hydroxylation is 2. The molecule has 3 rings (SSSR count). The summed E-state index contributed by atoms with van der Waals surface area (Å²) >= 11 is 0. The van der Waals surface area contributed by atoms with Crippen molar-refractivity contribution in [3.63, 3.8) is 0 Å². The SMILES string of the molecule is C/C=C/C(=O)NCCCCCc1nc2ccccc2n1CCOc1ccc(CC)cc1. The Kier molecular flexibility index (Phi) is 8.71. The first kappa shape index (κ1) is 22.6. The molecule has 0 aliphatic carbocycles. The van der Waals surface area contributed by atoms with Gasteiger partial charge in [-0.15, -0.1) is 0 Å². The third-order valence-electron chi connectivity index (χ3n) is 5.34. The quantitative estimate of drug-likeness (QED) is 0.329. The number of rotatable bonds is 12. The maximum atomic E-state index is 11.5. The highest BCUT2D eigenvalue weighted by Crippen LogP contribution is 2.19. The summed E-state index contributed by atoms with van der Waals surface area (Å²) < 4.78 is 8.27. The van der Waals surface area contributed by atoms with E-state index in [1.54, 1.807) is 12.2 Å². The van der Waals surface area contributed by atoms with Gasteiger partial charge in [-0.3, -0.25) is 4.79 Å². The molecule has 0 saturated carbocycles. The first-order chi connectivity index (χ1) is 15.2. The normalized spacial score (nSPS) is 11.3. The van der Waals surface area contributed by atoms with Crippen LogP contribution in [-0.2, 0) is 24.2 Å². The Morgan fingerprint density at radius 2 is 1.90 bits per heavy atom. The Hall–Kier alpha value is -3.08. The van der Waals surface area contributed by atoms with Crippen LogP contribution >= 0.6 is 0 Å². The molecule has 1 amide bonds. The van der Waals surface area contributed by atoms with Crippen LogP contribution in [0.3, 0.4) is 0 Å². The predicted molar refractivity (Wildman–Crippen MR) is 126 cm³/mol. The fourth-order valence-corrected chi connectivity index (χ4v) is 3.65. The maximum absolute atomic E-state index is 11.5. The van der Waals surface area contributed by atoms with Crippen LogP contribution in [0, 0.1) is 0 Å². The van der Waals surface area contributed by atoms with Gasteiger partial charge < -0.3 is 14.6 Å². The van der Waals surface area contributed by atoms with E-state index >= 15 is 0 Å². The van der Waals surface area contributed by atoms with E-state index in [1.807, 2.05) is 25.1 Å². The van der Waals surface area contributed by atoms with Gasteiger partial charge in [0.1, 0.15) is 18.2 Å². The van der Waals surface area contributed by atoms with Gasteiger partial charge in [0.05, 0.1) is 17.6 Å². The second kappa shape index (κ2) is 11.9. The average molecular weight is 420 g/mol. The number of amides is 1. The van der Waals surface area contributed by atoms with Gasteiger partial charge in [0.15, 0.2) is 0 Å². The van der Waals surface area contributed by atoms with Crippen molar-refractivity contribution < 1.29 is 9.53 Å². The zero-order chi connectivity index (χ0) is 21.9. The third-order valence-corrected chi connectivity index (χ3v) is 5.34. The van der Waals surface area contributed by atoms with E-state index in [0.29, 0.717) is 13.2 Å². The van der Waals surface area contributed by atoms with Crippen LogP contribution < -0.4 is 10.1 Å². The summed E-state index contributed by atoms with van der Waals surface area (Å²) in [5.74, 6) is 1.99. The summed E-state index contributed by atoms with van der Waals surface area (Å²) in [6.07, 6.45) is 8.34. The maximum Gasteiger partial charge on any atom is 0.243 e. The van der Waals surface area contributed by atoms with Crippen molar-refractivity contribution in [3.05, 3.63) is 72.1 Å². The van der Waals surface area contributed by atoms with Crippen molar-refractivity contribution >= 4 is 16.9 Å². The van der Waals surface area contributed by atoms with Crippen LogP contribution in [0.15, 0.2) is 60.7 Å². The number of hydrogen-bond donors (Lipinski definition) is 1. The van der Waals surface area contributed by atoms with Crippen molar-refractivity contribution in [2.45, 2.75) is 52.5 Å². The number of ether oxygens (including phenoxy) is 1. The molecule has 1 heterocycles. The second-order valence-corrected chi connectivity index (χ2v) is 7.62. The van der Waals surface area contributed by atoms with Gasteiger partial charge in [0, 0.05) is 13.0 Å². The van der Waals surface area contributed by atoms with Crippen molar-refractivity contribution in [3.8, 4) is 5.75 Å². The second-order valence-electron chi connectivity index (χ2n) is 7.62. The van der Waals surface area contributed by atoms with E-state index in [4.69, 9.17) is 9.72 Å². The lowest BCUT2D eigenvalue weighted by atomic mass is 10.2. The monoisotopic (exact) mass is 419 g/mol. The molecule has 5 heteroatoms. The molecule has 0 atom stereocenters. The number of carbonyl (C=O) groups excluding carboxylic acids is 1. The van der Waals surface area contributed by atoms with Gasteiger partial charge in [0.2, 0.25) is 5.91 Å². The molecule has 31 heavy (non-hydrogen) atoms. The Bertz CT molecular complexity index is 990. The first-order valence-electron chi connectivity index (χ1n) is 11.3. The number of unbranched alkanes of at least 4 members (excludes halogenated alkanes) is 2. The summed E-state index contributed by atoms with van der Waals surface area (Å²) in [5, 5.41) is 2.90. The smallest absolute Gasteiger partial charge is 0.243 e. The highest BCUT2D eigenvalue weighted by atomic mass is 16.5. The lowest BCUT2D eigenvalue weighted by molar-refractivity contribution is -0.116. The van der Waals surface area contributed by atoms with E-state index in [1.165, 1.54) is 5.56 Å². The first-order valence-corrected chi connectivity index (χ1v) is 11.3. The van der Waals surface area contributed by atoms with E-state index in [9.17, 15) is 4.79 Å². The Morgan fingerprint density at radius 1 is 1.10 bits per heavy atom. The molecular formula is C26H33N3O2. The molecule has 5 nitrogen and oxygen atoms in total. The van der Waals surface area contributed by atoms with Crippen LogP contribution in [0.2, 0.25) is 0 Å². The van der Waals surface area contributed by atoms with E-state index < -0.39 is 0 Å². The lowest BCUT2D eigenvalue weighted by Crippen LogP contribution is -2.22. The molecule has 3 aromatic rings. The molecular weight excluding hydrogens is 386 g/mol. The van der Waals surface area contributed by atoms with Crippen molar-refractivity contribution in [2.75, 3.05) is 13.2 Å². The predicted octanol–water partition coefficient (Wildman–Crippen LogP) is 5.08. The van der Waals surface area contributed by atoms with Crippen LogP contribution in [-0.4, -0.2) is 28.6 Å². The zero-order valence-corrected chi connectivity index (χ0v) is 18.6. The number of nitrogens with zero attached hydrogens (tertiary/aromatic N) is 2. The minimum atomic E-state index is -0.0198. The summed E-state index contributed by atoms with van der Waals surface area (Å²) in [6, 6.07) is 16.6. The molecule has 0 aliphatic rings. The Balaban J connectivity index is 1.53. The van der Waals surface area contributed by atoms with Gasteiger partial charge in [-0.1, -0.05) is 43.7 Å². The number of benzene rings is 2. The number of hydrogen-bond acceptors (Lipinski definition) is 3. The molecule has 0 aliphatic heterocycles. The largest absolute Gasteiger partial charge is 0.492 e. The van der Waals surface area contributed by atoms with Gasteiger partial charge in [-0.25, -0.2) is 4.98 Å². The van der Waals surface area contributed by atoms with Gasteiger partial charge in [-0.05, 0) is 62.1 Å². The minimum Gasteiger partial charge on any atom is -0.492 e. The number of nitrogens with one attached hydrogen (secondary N) is 1.